The van der Waals surface area contributed by atoms with Gasteiger partial charge < -0.3 is 23.7 Å². The number of ether oxygens (including phenoxy) is 5. The largest absolute Gasteiger partial charge is 0.456 e. The number of carbonyl (C=O) groups excluding carboxylic acids is 3. The van der Waals surface area contributed by atoms with Crippen LogP contribution in [0.3, 0.4) is 0 Å². The van der Waals surface area contributed by atoms with E-state index in [4.69, 9.17) is 30.1 Å². The molecule has 1 fully saturated rings. The number of nitrogens with zero attached hydrogens (tertiary/aromatic N) is 1. The van der Waals surface area contributed by atoms with Crippen LogP contribution in [0, 0.1) is 12.3 Å². The van der Waals surface area contributed by atoms with Crippen molar-refractivity contribution in [1.82, 2.24) is 4.90 Å². The summed E-state index contributed by atoms with van der Waals surface area (Å²) in [7, 11) is 1.93. The fourth-order valence-electron chi connectivity index (χ4n) is 2.77. The van der Waals surface area contributed by atoms with E-state index in [0.29, 0.717) is 13.2 Å². The number of terminal acetylenes is 1. The summed E-state index contributed by atoms with van der Waals surface area (Å²) in [4.78, 5) is 36.4. The normalized spacial score (nSPS) is 24.3. The molecule has 0 N–H and O–H groups in total. The summed E-state index contributed by atoms with van der Waals surface area (Å²) < 4.78 is 27.0. The van der Waals surface area contributed by atoms with Crippen LogP contribution >= 0.6 is 0 Å². The maximum Gasteiger partial charge on any atom is 0.303 e. The summed E-state index contributed by atoms with van der Waals surface area (Å²) in [6.07, 6.45) is 2.93. The first-order valence-electron chi connectivity index (χ1n) is 9.11. The average molecular weight is 399 g/mol. The van der Waals surface area contributed by atoms with E-state index in [1.54, 1.807) is 0 Å². The molecule has 28 heavy (non-hydrogen) atoms. The molecule has 0 radical (unpaired) electrons. The molecule has 1 rings (SSSR count). The van der Waals surface area contributed by atoms with Crippen LogP contribution in [0.5, 0.6) is 0 Å². The first-order valence-corrected chi connectivity index (χ1v) is 9.11. The van der Waals surface area contributed by atoms with Crippen molar-refractivity contribution in [2.45, 2.75) is 58.2 Å². The quantitative estimate of drug-likeness (QED) is 0.225. The minimum atomic E-state index is -1.05. The van der Waals surface area contributed by atoms with Crippen LogP contribution in [-0.2, 0) is 38.1 Å². The molecule has 0 aromatic rings. The molecule has 0 aromatic heterocycles. The zero-order valence-electron chi connectivity index (χ0n) is 16.8. The number of rotatable bonds is 10. The molecular weight excluding hydrogens is 370 g/mol. The van der Waals surface area contributed by atoms with Gasteiger partial charge in [-0.05, 0) is 26.4 Å². The van der Waals surface area contributed by atoms with Crippen molar-refractivity contribution in [3.05, 3.63) is 0 Å². The second kappa shape index (κ2) is 12.3. The van der Waals surface area contributed by atoms with Crippen molar-refractivity contribution in [2.24, 2.45) is 0 Å². The summed E-state index contributed by atoms with van der Waals surface area (Å²) in [5, 5.41) is 0. The second-order valence-corrected chi connectivity index (χ2v) is 6.52. The lowest BCUT2D eigenvalue weighted by molar-refractivity contribution is -0.281. The highest BCUT2D eigenvalue weighted by atomic mass is 16.7. The van der Waals surface area contributed by atoms with Gasteiger partial charge in [0.2, 0.25) is 0 Å². The Bertz CT molecular complexity index is 573. The fraction of sp³-hybridized carbons (Fsp3) is 0.737. The molecule has 0 saturated carbocycles. The summed E-state index contributed by atoms with van der Waals surface area (Å²) in [6, 6.07) is 0. The number of carbonyl (C=O) groups is 3. The highest BCUT2D eigenvalue weighted by molar-refractivity contribution is 5.68. The van der Waals surface area contributed by atoms with E-state index in [2.05, 4.69) is 5.92 Å². The zero-order valence-corrected chi connectivity index (χ0v) is 16.8. The van der Waals surface area contributed by atoms with Crippen LogP contribution in [0.15, 0.2) is 0 Å². The Hall–Kier alpha value is -2.15. The SMILES string of the molecule is C#CCN(C)CCCCOC1OCC(OC(C)=O)C(OC(C)=O)C1OC(C)=O. The van der Waals surface area contributed by atoms with Gasteiger partial charge in [-0.15, -0.1) is 6.42 Å². The third-order valence-electron chi connectivity index (χ3n) is 3.88. The van der Waals surface area contributed by atoms with Gasteiger partial charge in [0, 0.05) is 27.4 Å². The van der Waals surface area contributed by atoms with Crippen LogP contribution in [0.1, 0.15) is 33.6 Å². The highest BCUT2D eigenvalue weighted by Crippen LogP contribution is 2.25. The van der Waals surface area contributed by atoms with E-state index in [1.807, 2.05) is 11.9 Å². The molecule has 0 aliphatic carbocycles. The lowest BCUT2D eigenvalue weighted by Gasteiger charge is -2.40. The number of esters is 3. The number of unbranched alkanes of at least 4 members (excludes halogenated alkanes) is 1. The van der Waals surface area contributed by atoms with Gasteiger partial charge in [-0.1, -0.05) is 5.92 Å². The molecule has 4 unspecified atom stereocenters. The smallest absolute Gasteiger partial charge is 0.303 e. The van der Waals surface area contributed by atoms with Crippen molar-refractivity contribution in [1.29, 1.82) is 0 Å². The van der Waals surface area contributed by atoms with Gasteiger partial charge >= 0.3 is 17.9 Å². The Labute approximate surface area is 165 Å². The first-order chi connectivity index (χ1) is 13.2. The molecule has 158 valence electrons. The van der Waals surface area contributed by atoms with E-state index < -0.39 is 42.5 Å². The Morgan fingerprint density at radius 2 is 1.64 bits per heavy atom. The van der Waals surface area contributed by atoms with Crippen molar-refractivity contribution >= 4 is 17.9 Å². The van der Waals surface area contributed by atoms with Gasteiger partial charge in [0.1, 0.15) is 0 Å². The molecule has 9 heteroatoms. The monoisotopic (exact) mass is 399 g/mol. The Morgan fingerprint density at radius 3 is 2.21 bits per heavy atom. The molecule has 1 aliphatic rings. The van der Waals surface area contributed by atoms with E-state index in [1.165, 1.54) is 20.8 Å². The van der Waals surface area contributed by atoms with E-state index in [0.717, 1.165) is 19.4 Å². The van der Waals surface area contributed by atoms with Crippen LogP contribution in [0.4, 0.5) is 0 Å². The molecule has 1 heterocycles. The first kappa shape index (κ1) is 23.9. The van der Waals surface area contributed by atoms with Crippen LogP contribution in [0.25, 0.3) is 0 Å². The average Bonchev–Trinajstić information content (AvgIpc) is 2.58. The van der Waals surface area contributed by atoms with Crippen molar-refractivity contribution in [3.8, 4) is 12.3 Å². The Balaban J connectivity index is 2.70. The highest BCUT2D eigenvalue weighted by Gasteiger charge is 2.47. The molecule has 0 spiro atoms. The maximum absolute atomic E-state index is 11.5. The van der Waals surface area contributed by atoms with Crippen LogP contribution in [-0.4, -0.2) is 80.8 Å². The Kier molecular flexibility index (Phi) is 10.5. The minimum Gasteiger partial charge on any atom is -0.456 e. The summed E-state index contributed by atoms with van der Waals surface area (Å²) >= 11 is 0. The zero-order chi connectivity index (χ0) is 21.1. The third-order valence-corrected chi connectivity index (χ3v) is 3.88. The summed E-state index contributed by atoms with van der Waals surface area (Å²) in [6.45, 7) is 5.35. The summed E-state index contributed by atoms with van der Waals surface area (Å²) in [5.74, 6) is 0.805. The molecule has 9 nitrogen and oxygen atoms in total. The topological polar surface area (TPSA) is 101 Å². The second-order valence-electron chi connectivity index (χ2n) is 6.52. The third kappa shape index (κ3) is 8.69. The van der Waals surface area contributed by atoms with Gasteiger partial charge in [0.15, 0.2) is 24.6 Å². The van der Waals surface area contributed by atoms with Crippen molar-refractivity contribution < 1.29 is 38.1 Å². The van der Waals surface area contributed by atoms with Gasteiger partial charge in [-0.25, -0.2) is 0 Å². The van der Waals surface area contributed by atoms with Crippen molar-refractivity contribution in [3.63, 3.8) is 0 Å². The molecule has 0 aromatic carbocycles. The van der Waals surface area contributed by atoms with Crippen LogP contribution in [0.2, 0.25) is 0 Å². The molecule has 4 atom stereocenters. The van der Waals surface area contributed by atoms with Gasteiger partial charge in [-0.2, -0.15) is 0 Å². The van der Waals surface area contributed by atoms with E-state index in [-0.39, 0.29) is 6.61 Å². The lowest BCUT2D eigenvalue weighted by atomic mass is 10.0. The minimum absolute atomic E-state index is 0.0507. The van der Waals surface area contributed by atoms with Gasteiger partial charge in [0.25, 0.3) is 0 Å². The molecule has 1 aliphatic heterocycles. The van der Waals surface area contributed by atoms with Gasteiger partial charge in [0.05, 0.1) is 13.2 Å². The fourth-order valence-corrected chi connectivity index (χ4v) is 2.77. The number of hydrogen-bond acceptors (Lipinski definition) is 9. The predicted octanol–water partition coefficient (Wildman–Crippen LogP) is 0.500. The van der Waals surface area contributed by atoms with Crippen LogP contribution < -0.4 is 0 Å². The summed E-state index contributed by atoms with van der Waals surface area (Å²) in [5.41, 5.74) is 0. The maximum atomic E-state index is 11.5. The lowest BCUT2D eigenvalue weighted by Crippen LogP contribution is -2.58. The van der Waals surface area contributed by atoms with E-state index >= 15 is 0 Å². The van der Waals surface area contributed by atoms with E-state index in [9.17, 15) is 14.4 Å². The standard InChI is InChI=1S/C19H29NO8/c1-6-9-20(5)10-7-8-11-24-19-18(28-15(4)23)17(27-14(3)22)16(12-25-19)26-13(2)21/h1,16-19H,7-12H2,2-5H3. The predicted molar refractivity (Wildman–Crippen MR) is 97.9 cm³/mol. The molecule has 0 amide bonds. The molecule has 1 saturated heterocycles. The Morgan fingerprint density at radius 1 is 1.04 bits per heavy atom. The van der Waals surface area contributed by atoms with Gasteiger partial charge in [-0.3, -0.25) is 19.3 Å². The molecule has 0 bridgehead atoms. The van der Waals surface area contributed by atoms with Crippen molar-refractivity contribution in [2.75, 3.05) is 33.4 Å². The number of hydrogen-bond donors (Lipinski definition) is 0. The molecular formula is C19H29NO8.